The van der Waals surface area contributed by atoms with Crippen LogP contribution in [-0.2, 0) is 0 Å². The highest BCUT2D eigenvalue weighted by atomic mass is 35.5. The van der Waals surface area contributed by atoms with E-state index in [1.165, 1.54) is 31.7 Å². The van der Waals surface area contributed by atoms with Crippen LogP contribution in [0.2, 0.25) is 19.1 Å². The average molecular weight is 193 g/mol. The fraction of sp³-hybridized carbons (Fsp3) is 1.00. The second-order valence-corrected chi connectivity index (χ2v) is 10.0. The van der Waals surface area contributed by atoms with Crippen molar-refractivity contribution in [1.29, 1.82) is 0 Å². The molecule has 68 valence electrons. The van der Waals surface area contributed by atoms with Crippen molar-refractivity contribution in [2.45, 2.75) is 51.7 Å². The van der Waals surface area contributed by atoms with Crippen molar-refractivity contribution in [3.63, 3.8) is 0 Å². The molecule has 0 saturated heterocycles. The Labute approximate surface area is 77.3 Å². The first-order valence-corrected chi connectivity index (χ1v) is 8.63. The summed E-state index contributed by atoms with van der Waals surface area (Å²) < 4.78 is 0. The van der Waals surface area contributed by atoms with Crippen LogP contribution in [0.25, 0.3) is 0 Å². The second-order valence-electron chi connectivity index (χ2n) is 4.11. The van der Waals surface area contributed by atoms with E-state index in [0.717, 1.165) is 5.50 Å². The minimum absolute atomic E-state index is 0.930. The first kappa shape index (κ1) is 11.5. The number of halogens is 1. The summed E-state index contributed by atoms with van der Waals surface area (Å²) in [7, 11) is -0.962. The SMILES string of the molecule is CCCCCC[Si](C)(C)CCl. The van der Waals surface area contributed by atoms with Gasteiger partial charge in [0.05, 0.1) is 8.07 Å². The lowest BCUT2D eigenvalue weighted by molar-refractivity contribution is 0.696. The number of hydrogen-bond donors (Lipinski definition) is 0. The molecule has 0 spiro atoms. The molecule has 11 heavy (non-hydrogen) atoms. The summed E-state index contributed by atoms with van der Waals surface area (Å²) in [5.41, 5.74) is 0.930. The van der Waals surface area contributed by atoms with E-state index in [-0.39, 0.29) is 0 Å². The molecule has 0 amide bonds. The quantitative estimate of drug-likeness (QED) is 0.339. The Kier molecular flexibility index (Phi) is 6.35. The Hall–Kier alpha value is 0.507. The van der Waals surface area contributed by atoms with Crippen LogP contribution < -0.4 is 0 Å². The highest BCUT2D eigenvalue weighted by Gasteiger charge is 2.17. The van der Waals surface area contributed by atoms with Crippen LogP contribution in [-0.4, -0.2) is 13.6 Å². The molecule has 0 saturated carbocycles. The van der Waals surface area contributed by atoms with E-state index in [2.05, 4.69) is 20.0 Å². The summed E-state index contributed by atoms with van der Waals surface area (Å²) in [4.78, 5) is 0. The maximum atomic E-state index is 5.87. The molecular formula is C9H21ClSi. The summed E-state index contributed by atoms with van der Waals surface area (Å²) >= 11 is 5.87. The van der Waals surface area contributed by atoms with E-state index >= 15 is 0 Å². The molecule has 0 aromatic heterocycles. The van der Waals surface area contributed by atoms with Gasteiger partial charge in [0.2, 0.25) is 0 Å². The predicted molar refractivity (Wildman–Crippen MR) is 57.2 cm³/mol. The Balaban J connectivity index is 3.23. The van der Waals surface area contributed by atoms with Crippen LogP contribution >= 0.6 is 11.6 Å². The van der Waals surface area contributed by atoms with Gasteiger partial charge in [0.15, 0.2) is 0 Å². The molecule has 0 heterocycles. The Morgan fingerprint density at radius 3 is 2.18 bits per heavy atom. The summed E-state index contributed by atoms with van der Waals surface area (Å²) in [5, 5.41) is 0. The molecule has 0 aromatic carbocycles. The molecule has 0 rings (SSSR count). The van der Waals surface area contributed by atoms with E-state index in [1.807, 2.05) is 0 Å². The van der Waals surface area contributed by atoms with Gasteiger partial charge in [0.25, 0.3) is 0 Å². The number of hydrogen-bond acceptors (Lipinski definition) is 0. The van der Waals surface area contributed by atoms with Gasteiger partial charge in [-0.15, -0.1) is 11.6 Å². The molecule has 0 fully saturated rings. The standard InChI is InChI=1S/C9H21ClSi/c1-4-5-6-7-8-11(2,3)9-10/h4-9H2,1-3H3. The van der Waals surface area contributed by atoms with Crippen LogP contribution in [0, 0.1) is 0 Å². The van der Waals surface area contributed by atoms with Gasteiger partial charge in [0.1, 0.15) is 0 Å². The lowest BCUT2D eigenvalue weighted by Crippen LogP contribution is -2.27. The van der Waals surface area contributed by atoms with Crippen LogP contribution in [0.1, 0.15) is 32.6 Å². The molecule has 0 atom stereocenters. The molecule has 0 aliphatic carbocycles. The van der Waals surface area contributed by atoms with Crippen molar-refractivity contribution in [1.82, 2.24) is 0 Å². The van der Waals surface area contributed by atoms with Crippen molar-refractivity contribution in [3.8, 4) is 0 Å². The Bertz CT molecular complexity index is 91.6. The van der Waals surface area contributed by atoms with Crippen LogP contribution in [0.4, 0.5) is 0 Å². The van der Waals surface area contributed by atoms with Crippen molar-refractivity contribution >= 4 is 19.7 Å². The van der Waals surface area contributed by atoms with Crippen LogP contribution in [0.5, 0.6) is 0 Å². The number of unbranched alkanes of at least 4 members (excludes halogenated alkanes) is 3. The molecule has 0 N–H and O–H groups in total. The molecule has 0 unspecified atom stereocenters. The third-order valence-electron chi connectivity index (χ3n) is 2.07. The summed E-state index contributed by atoms with van der Waals surface area (Å²) in [6.45, 7) is 7.02. The number of rotatable bonds is 6. The third kappa shape index (κ3) is 6.89. The lowest BCUT2D eigenvalue weighted by Gasteiger charge is -2.17. The van der Waals surface area contributed by atoms with Crippen molar-refractivity contribution in [3.05, 3.63) is 0 Å². The molecule has 0 bridgehead atoms. The van der Waals surface area contributed by atoms with Gasteiger partial charge in [0, 0.05) is 5.50 Å². The van der Waals surface area contributed by atoms with Crippen LogP contribution in [0.15, 0.2) is 0 Å². The van der Waals surface area contributed by atoms with Gasteiger partial charge >= 0.3 is 0 Å². The maximum absolute atomic E-state index is 5.87. The zero-order valence-corrected chi connectivity index (χ0v) is 9.88. The summed E-state index contributed by atoms with van der Waals surface area (Å²) in [6, 6.07) is 1.41. The van der Waals surface area contributed by atoms with Gasteiger partial charge in [-0.2, -0.15) is 0 Å². The second kappa shape index (κ2) is 6.07. The molecule has 0 radical (unpaired) electrons. The highest BCUT2D eigenvalue weighted by Crippen LogP contribution is 2.16. The smallest absolute Gasteiger partial charge is 0.0639 e. The monoisotopic (exact) mass is 192 g/mol. The largest absolute Gasteiger partial charge is 0.130 e. The molecule has 2 heteroatoms. The first-order chi connectivity index (χ1) is 5.12. The predicted octanol–water partition coefficient (Wildman–Crippen LogP) is 4.05. The van der Waals surface area contributed by atoms with E-state index < -0.39 is 8.07 Å². The minimum Gasteiger partial charge on any atom is -0.130 e. The lowest BCUT2D eigenvalue weighted by atomic mass is 10.2. The molecular weight excluding hydrogens is 172 g/mol. The average Bonchev–Trinajstić information content (AvgIpc) is 1.99. The van der Waals surface area contributed by atoms with Gasteiger partial charge in [-0.05, 0) is 0 Å². The van der Waals surface area contributed by atoms with E-state index in [0.29, 0.717) is 0 Å². The fourth-order valence-electron chi connectivity index (χ4n) is 1.10. The van der Waals surface area contributed by atoms with Gasteiger partial charge in [-0.3, -0.25) is 0 Å². The molecule has 0 aliphatic rings. The highest BCUT2D eigenvalue weighted by molar-refractivity contribution is 6.83. The maximum Gasteiger partial charge on any atom is 0.0639 e. The molecule has 0 aromatic rings. The van der Waals surface area contributed by atoms with E-state index in [1.54, 1.807) is 0 Å². The zero-order chi connectivity index (χ0) is 8.74. The van der Waals surface area contributed by atoms with Gasteiger partial charge < -0.3 is 0 Å². The third-order valence-corrected chi connectivity index (χ3v) is 6.67. The van der Waals surface area contributed by atoms with Crippen molar-refractivity contribution < 1.29 is 0 Å². The Morgan fingerprint density at radius 2 is 1.73 bits per heavy atom. The summed E-state index contributed by atoms with van der Waals surface area (Å²) in [6.07, 6.45) is 5.54. The van der Waals surface area contributed by atoms with Gasteiger partial charge in [-0.25, -0.2) is 0 Å². The summed E-state index contributed by atoms with van der Waals surface area (Å²) in [5.74, 6) is 0. The van der Waals surface area contributed by atoms with Gasteiger partial charge in [-0.1, -0.05) is 51.7 Å². The normalized spacial score (nSPS) is 12.0. The first-order valence-electron chi connectivity index (χ1n) is 4.68. The number of alkyl halides is 1. The van der Waals surface area contributed by atoms with Crippen LogP contribution in [0.3, 0.4) is 0 Å². The topological polar surface area (TPSA) is 0 Å². The zero-order valence-electron chi connectivity index (χ0n) is 8.12. The van der Waals surface area contributed by atoms with Crippen molar-refractivity contribution in [2.24, 2.45) is 0 Å². The fourth-order valence-corrected chi connectivity index (χ4v) is 2.84. The molecule has 0 aliphatic heterocycles. The van der Waals surface area contributed by atoms with Crippen molar-refractivity contribution in [2.75, 3.05) is 5.50 Å². The van der Waals surface area contributed by atoms with E-state index in [9.17, 15) is 0 Å². The Morgan fingerprint density at radius 1 is 1.09 bits per heavy atom. The minimum atomic E-state index is -0.962. The van der Waals surface area contributed by atoms with E-state index in [4.69, 9.17) is 11.6 Å². The molecule has 0 nitrogen and oxygen atoms in total.